The largest absolute Gasteiger partial charge is 0.377 e. The van der Waals surface area contributed by atoms with E-state index in [-0.39, 0.29) is 17.4 Å². The number of hydrogen-bond acceptors (Lipinski definition) is 6. The number of rotatable bonds is 3. The molecular formula is C14H23N5O2. The molecule has 0 atom stereocenters. The van der Waals surface area contributed by atoms with Crippen LogP contribution in [0.1, 0.15) is 49.9 Å². The van der Waals surface area contributed by atoms with E-state index in [0.29, 0.717) is 37.0 Å². The Kier molecular flexibility index (Phi) is 4.43. The number of amides is 1. The zero-order valence-electron chi connectivity index (χ0n) is 13.0. The molecule has 0 spiro atoms. The van der Waals surface area contributed by atoms with Gasteiger partial charge in [0, 0.05) is 12.5 Å². The standard InChI is InChI=1S/C14H23N5O2/c1-9(2)12-16-7-10(18-15)11(17-12)13(20)19-5-6-21-8-14(19,3)4/h7,9,18H,5-6,8,15H2,1-4H3. The molecule has 2 rings (SSSR count). The highest BCUT2D eigenvalue weighted by Gasteiger charge is 2.36. The van der Waals surface area contributed by atoms with Gasteiger partial charge in [0.1, 0.15) is 5.82 Å². The number of carbonyl (C=O) groups excluding carboxylic acids is 1. The Morgan fingerprint density at radius 2 is 2.24 bits per heavy atom. The van der Waals surface area contributed by atoms with Crippen molar-refractivity contribution in [2.75, 3.05) is 25.2 Å². The monoisotopic (exact) mass is 293 g/mol. The number of nitrogens with two attached hydrogens (primary N) is 1. The molecule has 7 heteroatoms. The molecule has 1 saturated heterocycles. The van der Waals surface area contributed by atoms with Crippen molar-refractivity contribution in [2.24, 2.45) is 5.84 Å². The van der Waals surface area contributed by atoms with Crippen LogP contribution in [0.4, 0.5) is 5.69 Å². The minimum atomic E-state index is -0.371. The maximum Gasteiger partial charge on any atom is 0.275 e. The van der Waals surface area contributed by atoms with Gasteiger partial charge in [0.2, 0.25) is 0 Å². The number of nitrogen functional groups attached to an aromatic ring is 1. The highest BCUT2D eigenvalue weighted by atomic mass is 16.5. The second-order valence-electron chi connectivity index (χ2n) is 6.11. The second-order valence-corrected chi connectivity index (χ2v) is 6.11. The number of nitrogens with zero attached hydrogens (tertiary/aromatic N) is 3. The van der Waals surface area contributed by atoms with Crippen LogP contribution in [0.5, 0.6) is 0 Å². The van der Waals surface area contributed by atoms with Crippen LogP contribution in [0.3, 0.4) is 0 Å². The van der Waals surface area contributed by atoms with Crippen molar-refractivity contribution in [3.8, 4) is 0 Å². The van der Waals surface area contributed by atoms with E-state index in [1.165, 1.54) is 0 Å². The van der Waals surface area contributed by atoms with Crippen LogP contribution in [0.15, 0.2) is 6.20 Å². The van der Waals surface area contributed by atoms with Crippen molar-refractivity contribution in [3.05, 3.63) is 17.7 Å². The van der Waals surface area contributed by atoms with Gasteiger partial charge in [0.25, 0.3) is 5.91 Å². The lowest BCUT2D eigenvalue weighted by Crippen LogP contribution is -2.55. The molecule has 116 valence electrons. The predicted molar refractivity (Wildman–Crippen MR) is 79.9 cm³/mol. The van der Waals surface area contributed by atoms with Gasteiger partial charge in [-0.05, 0) is 13.8 Å². The third-order valence-electron chi connectivity index (χ3n) is 3.57. The smallest absolute Gasteiger partial charge is 0.275 e. The van der Waals surface area contributed by atoms with Gasteiger partial charge in [-0.2, -0.15) is 0 Å². The summed E-state index contributed by atoms with van der Waals surface area (Å²) in [5, 5.41) is 0. The van der Waals surface area contributed by atoms with Crippen LogP contribution in [-0.2, 0) is 4.74 Å². The number of carbonyl (C=O) groups is 1. The van der Waals surface area contributed by atoms with Crippen LogP contribution in [0, 0.1) is 0 Å². The van der Waals surface area contributed by atoms with Gasteiger partial charge in [-0.3, -0.25) is 10.6 Å². The molecule has 1 fully saturated rings. The molecule has 0 bridgehead atoms. The van der Waals surface area contributed by atoms with Crippen LogP contribution >= 0.6 is 0 Å². The number of anilines is 1. The normalized spacial score (nSPS) is 17.9. The first kappa shape index (κ1) is 15.7. The summed E-state index contributed by atoms with van der Waals surface area (Å²) in [6.45, 7) is 9.50. The SMILES string of the molecule is CC(C)c1ncc(NN)c(C(=O)N2CCOCC2(C)C)n1. The van der Waals surface area contributed by atoms with Crippen molar-refractivity contribution in [2.45, 2.75) is 39.2 Å². The predicted octanol–water partition coefficient (Wildman–Crippen LogP) is 1.14. The average Bonchev–Trinajstić information content (AvgIpc) is 2.45. The lowest BCUT2D eigenvalue weighted by molar-refractivity contribution is -0.0372. The first-order chi connectivity index (χ1) is 9.86. The highest BCUT2D eigenvalue weighted by Crippen LogP contribution is 2.24. The van der Waals surface area contributed by atoms with Gasteiger partial charge in [-0.15, -0.1) is 0 Å². The minimum absolute atomic E-state index is 0.140. The number of morpholine rings is 1. The van der Waals surface area contributed by atoms with Crippen molar-refractivity contribution in [1.82, 2.24) is 14.9 Å². The first-order valence-electron chi connectivity index (χ1n) is 7.10. The molecule has 1 aromatic heterocycles. The summed E-state index contributed by atoms with van der Waals surface area (Å²) in [7, 11) is 0. The van der Waals surface area contributed by atoms with E-state index in [1.807, 2.05) is 27.7 Å². The summed E-state index contributed by atoms with van der Waals surface area (Å²) in [6.07, 6.45) is 1.56. The van der Waals surface area contributed by atoms with Crippen LogP contribution in [-0.4, -0.2) is 46.1 Å². The topological polar surface area (TPSA) is 93.4 Å². The Labute approximate surface area is 124 Å². The van der Waals surface area contributed by atoms with E-state index in [4.69, 9.17) is 10.6 Å². The Morgan fingerprint density at radius 1 is 1.52 bits per heavy atom. The summed E-state index contributed by atoms with van der Waals surface area (Å²) in [5.74, 6) is 6.10. The fourth-order valence-corrected chi connectivity index (χ4v) is 2.30. The van der Waals surface area contributed by atoms with E-state index in [2.05, 4.69) is 15.4 Å². The van der Waals surface area contributed by atoms with Gasteiger partial charge >= 0.3 is 0 Å². The number of nitrogens with one attached hydrogen (secondary N) is 1. The molecule has 0 saturated carbocycles. The van der Waals surface area contributed by atoms with Crippen LogP contribution < -0.4 is 11.3 Å². The van der Waals surface area contributed by atoms with Gasteiger partial charge in [-0.1, -0.05) is 13.8 Å². The molecule has 1 aliphatic rings. The molecule has 7 nitrogen and oxygen atoms in total. The number of hydrogen-bond donors (Lipinski definition) is 2. The third-order valence-corrected chi connectivity index (χ3v) is 3.57. The van der Waals surface area contributed by atoms with Crippen molar-refractivity contribution >= 4 is 11.6 Å². The maximum absolute atomic E-state index is 12.9. The van der Waals surface area contributed by atoms with E-state index < -0.39 is 0 Å². The molecule has 2 heterocycles. The molecule has 3 N–H and O–H groups in total. The number of aromatic nitrogens is 2. The number of hydrazine groups is 1. The van der Waals surface area contributed by atoms with E-state index in [1.54, 1.807) is 11.1 Å². The molecule has 0 radical (unpaired) electrons. The highest BCUT2D eigenvalue weighted by molar-refractivity contribution is 5.97. The van der Waals surface area contributed by atoms with Crippen LogP contribution in [0.2, 0.25) is 0 Å². The summed E-state index contributed by atoms with van der Waals surface area (Å²) in [6, 6.07) is 0. The van der Waals surface area contributed by atoms with Gasteiger partial charge in [0.05, 0.1) is 30.6 Å². The van der Waals surface area contributed by atoms with E-state index in [9.17, 15) is 4.79 Å². The average molecular weight is 293 g/mol. The van der Waals surface area contributed by atoms with Crippen molar-refractivity contribution in [3.63, 3.8) is 0 Å². The quantitative estimate of drug-likeness (QED) is 0.641. The van der Waals surface area contributed by atoms with Crippen molar-refractivity contribution < 1.29 is 9.53 Å². The molecule has 0 aliphatic carbocycles. The lowest BCUT2D eigenvalue weighted by Gasteiger charge is -2.42. The summed E-state index contributed by atoms with van der Waals surface area (Å²) < 4.78 is 5.45. The minimum Gasteiger partial charge on any atom is -0.377 e. The third kappa shape index (κ3) is 3.14. The fraction of sp³-hybridized carbons (Fsp3) is 0.643. The lowest BCUT2D eigenvalue weighted by atomic mass is 10.0. The Hall–Kier alpha value is -1.73. The number of ether oxygens (including phenoxy) is 1. The Bertz CT molecular complexity index is 530. The summed E-state index contributed by atoms with van der Waals surface area (Å²) in [5.41, 5.74) is 2.88. The molecular weight excluding hydrogens is 270 g/mol. The van der Waals surface area contributed by atoms with Gasteiger partial charge in [-0.25, -0.2) is 9.97 Å². The van der Waals surface area contributed by atoms with E-state index in [0.717, 1.165) is 0 Å². The maximum atomic E-state index is 12.9. The van der Waals surface area contributed by atoms with Gasteiger partial charge in [0.15, 0.2) is 5.69 Å². The molecule has 21 heavy (non-hydrogen) atoms. The molecule has 1 aliphatic heterocycles. The molecule has 0 unspecified atom stereocenters. The van der Waals surface area contributed by atoms with Gasteiger partial charge < -0.3 is 15.1 Å². The summed E-state index contributed by atoms with van der Waals surface area (Å²) >= 11 is 0. The molecule has 1 aromatic rings. The van der Waals surface area contributed by atoms with Crippen LogP contribution in [0.25, 0.3) is 0 Å². The second kappa shape index (κ2) is 5.95. The zero-order chi connectivity index (χ0) is 15.6. The fourth-order valence-electron chi connectivity index (χ4n) is 2.30. The summed E-state index contributed by atoms with van der Waals surface area (Å²) in [4.78, 5) is 23.3. The zero-order valence-corrected chi connectivity index (χ0v) is 13.0. The molecule has 1 amide bonds. The van der Waals surface area contributed by atoms with Crippen molar-refractivity contribution in [1.29, 1.82) is 0 Å². The van der Waals surface area contributed by atoms with E-state index >= 15 is 0 Å². The Morgan fingerprint density at radius 3 is 2.81 bits per heavy atom. The Balaban J connectivity index is 2.39. The molecule has 0 aromatic carbocycles. The first-order valence-corrected chi connectivity index (χ1v) is 7.10.